The first kappa shape index (κ1) is 13.7. The molecule has 0 spiro atoms. The van der Waals surface area contributed by atoms with Gasteiger partial charge in [-0.25, -0.2) is 14.4 Å². The van der Waals surface area contributed by atoms with E-state index in [-0.39, 0.29) is 5.82 Å². The Bertz CT molecular complexity index is 771. The monoisotopic (exact) mass is 298 g/mol. The van der Waals surface area contributed by atoms with Crippen molar-refractivity contribution in [3.8, 4) is 22.6 Å². The van der Waals surface area contributed by atoms with Crippen molar-refractivity contribution in [1.29, 1.82) is 0 Å². The summed E-state index contributed by atoms with van der Waals surface area (Å²) in [5.74, 6) is 0.199. The molecule has 0 saturated carbocycles. The third-order valence-corrected chi connectivity index (χ3v) is 3.60. The molecule has 0 bridgehead atoms. The number of hydrogen-bond donors (Lipinski definition) is 0. The lowest BCUT2D eigenvalue weighted by atomic mass is 10.1. The van der Waals surface area contributed by atoms with Gasteiger partial charge in [0.1, 0.15) is 11.0 Å². The smallest absolute Gasteiger partial charge is 0.161 e. The van der Waals surface area contributed by atoms with Gasteiger partial charge in [0.2, 0.25) is 0 Å². The Morgan fingerprint density at radius 3 is 2.19 bits per heavy atom. The number of aromatic nitrogens is 2. The minimum Gasteiger partial charge on any atom is -0.228 e. The van der Waals surface area contributed by atoms with E-state index in [9.17, 15) is 4.39 Å². The molecule has 0 aliphatic heterocycles. The fourth-order valence-corrected chi connectivity index (χ4v) is 2.26. The first-order valence-electron chi connectivity index (χ1n) is 6.50. The van der Waals surface area contributed by atoms with Gasteiger partial charge >= 0.3 is 0 Å². The molecule has 4 heteroatoms. The number of benzene rings is 2. The molecule has 0 atom stereocenters. The minimum atomic E-state index is -0.291. The van der Waals surface area contributed by atoms with Crippen LogP contribution in [0.15, 0.2) is 54.6 Å². The summed E-state index contributed by atoms with van der Waals surface area (Å²) in [5, 5.41) is 0.406. The fourth-order valence-electron chi connectivity index (χ4n) is 2.09. The molecule has 21 heavy (non-hydrogen) atoms. The van der Waals surface area contributed by atoms with Gasteiger partial charge in [0.25, 0.3) is 0 Å². The van der Waals surface area contributed by atoms with E-state index >= 15 is 0 Å². The normalized spacial score (nSPS) is 10.6. The van der Waals surface area contributed by atoms with E-state index in [4.69, 9.17) is 11.6 Å². The minimum absolute atomic E-state index is 0.291. The molecule has 0 aliphatic carbocycles. The van der Waals surface area contributed by atoms with E-state index in [0.717, 1.165) is 22.4 Å². The van der Waals surface area contributed by atoms with Gasteiger partial charge in [0, 0.05) is 16.7 Å². The van der Waals surface area contributed by atoms with Crippen molar-refractivity contribution < 1.29 is 4.39 Å². The highest BCUT2D eigenvalue weighted by Crippen LogP contribution is 2.28. The van der Waals surface area contributed by atoms with Crippen molar-refractivity contribution in [3.63, 3.8) is 0 Å². The summed E-state index contributed by atoms with van der Waals surface area (Å²) in [4.78, 5) is 8.88. The summed E-state index contributed by atoms with van der Waals surface area (Å²) in [6.45, 7) is 1.89. The van der Waals surface area contributed by atoms with E-state index in [1.54, 1.807) is 12.1 Å². The second-order valence-electron chi connectivity index (χ2n) is 4.68. The highest BCUT2D eigenvalue weighted by Gasteiger charge is 2.12. The molecule has 0 amide bonds. The fraction of sp³-hybridized carbons (Fsp3) is 0.0588. The highest BCUT2D eigenvalue weighted by molar-refractivity contribution is 6.30. The second-order valence-corrected chi connectivity index (χ2v) is 5.04. The van der Waals surface area contributed by atoms with Crippen LogP contribution in [0.2, 0.25) is 5.15 Å². The summed E-state index contributed by atoms with van der Waals surface area (Å²) in [7, 11) is 0. The molecule has 0 fully saturated rings. The molecule has 0 radical (unpaired) electrons. The summed E-state index contributed by atoms with van der Waals surface area (Å²) >= 11 is 6.22. The van der Waals surface area contributed by atoms with Gasteiger partial charge < -0.3 is 0 Å². The Morgan fingerprint density at radius 2 is 1.52 bits per heavy atom. The van der Waals surface area contributed by atoms with Gasteiger partial charge in [-0.3, -0.25) is 0 Å². The summed E-state index contributed by atoms with van der Waals surface area (Å²) < 4.78 is 13.0. The largest absolute Gasteiger partial charge is 0.228 e. The Labute approximate surface area is 127 Å². The predicted molar refractivity (Wildman–Crippen MR) is 82.6 cm³/mol. The summed E-state index contributed by atoms with van der Waals surface area (Å²) in [6.07, 6.45) is 0. The van der Waals surface area contributed by atoms with Crippen LogP contribution in [0.1, 0.15) is 5.56 Å². The third-order valence-electron chi connectivity index (χ3n) is 3.24. The van der Waals surface area contributed by atoms with Crippen LogP contribution in [0.25, 0.3) is 22.6 Å². The first-order chi connectivity index (χ1) is 10.1. The average Bonchev–Trinajstić information content (AvgIpc) is 2.51. The van der Waals surface area contributed by atoms with Crippen LogP contribution in [0.5, 0.6) is 0 Å². The van der Waals surface area contributed by atoms with E-state index in [1.165, 1.54) is 12.1 Å². The molecule has 1 heterocycles. The lowest BCUT2D eigenvalue weighted by molar-refractivity contribution is 0.628. The van der Waals surface area contributed by atoms with Gasteiger partial charge in [0.05, 0.1) is 5.69 Å². The number of rotatable bonds is 2. The van der Waals surface area contributed by atoms with Crippen molar-refractivity contribution in [1.82, 2.24) is 9.97 Å². The molecule has 0 unspecified atom stereocenters. The Morgan fingerprint density at radius 1 is 0.857 bits per heavy atom. The van der Waals surface area contributed by atoms with Crippen molar-refractivity contribution in [2.45, 2.75) is 6.92 Å². The van der Waals surface area contributed by atoms with Crippen molar-refractivity contribution >= 4 is 11.6 Å². The number of hydrogen-bond acceptors (Lipinski definition) is 2. The molecule has 2 nitrogen and oxygen atoms in total. The predicted octanol–water partition coefficient (Wildman–Crippen LogP) is 4.91. The zero-order valence-electron chi connectivity index (χ0n) is 11.3. The van der Waals surface area contributed by atoms with Crippen LogP contribution in [-0.2, 0) is 0 Å². The van der Waals surface area contributed by atoms with Gasteiger partial charge in [0.15, 0.2) is 5.82 Å². The van der Waals surface area contributed by atoms with Crippen molar-refractivity contribution in [2.75, 3.05) is 0 Å². The maximum absolute atomic E-state index is 13.0. The summed E-state index contributed by atoms with van der Waals surface area (Å²) in [6, 6.07) is 15.8. The molecule has 3 rings (SSSR count). The maximum atomic E-state index is 13.0. The van der Waals surface area contributed by atoms with Crippen LogP contribution in [0.4, 0.5) is 4.39 Å². The van der Waals surface area contributed by atoms with Gasteiger partial charge in [-0.05, 0) is 31.2 Å². The zero-order valence-corrected chi connectivity index (χ0v) is 12.1. The average molecular weight is 299 g/mol. The molecule has 104 valence electrons. The van der Waals surface area contributed by atoms with Crippen LogP contribution < -0.4 is 0 Å². The molecule has 2 aromatic carbocycles. The molecular weight excluding hydrogens is 287 g/mol. The Kier molecular flexibility index (Phi) is 3.67. The van der Waals surface area contributed by atoms with Crippen LogP contribution >= 0.6 is 11.6 Å². The van der Waals surface area contributed by atoms with Crippen molar-refractivity contribution in [2.24, 2.45) is 0 Å². The highest BCUT2D eigenvalue weighted by atomic mass is 35.5. The molecule has 0 N–H and O–H groups in total. The molecule has 3 aromatic rings. The van der Waals surface area contributed by atoms with Crippen LogP contribution in [0, 0.1) is 12.7 Å². The lowest BCUT2D eigenvalue weighted by Crippen LogP contribution is -1.97. The lowest BCUT2D eigenvalue weighted by Gasteiger charge is -2.09. The van der Waals surface area contributed by atoms with E-state index in [0.29, 0.717) is 11.0 Å². The first-order valence-corrected chi connectivity index (χ1v) is 6.88. The number of halogens is 2. The molecule has 0 saturated heterocycles. The third kappa shape index (κ3) is 2.78. The van der Waals surface area contributed by atoms with Crippen LogP contribution in [0.3, 0.4) is 0 Å². The van der Waals surface area contributed by atoms with E-state index in [2.05, 4.69) is 9.97 Å². The van der Waals surface area contributed by atoms with Gasteiger partial charge in [-0.2, -0.15) is 0 Å². The Hall–Kier alpha value is -2.26. The number of nitrogens with zero attached hydrogens (tertiary/aromatic N) is 2. The zero-order chi connectivity index (χ0) is 14.8. The van der Waals surface area contributed by atoms with Gasteiger partial charge in [-0.15, -0.1) is 0 Å². The maximum Gasteiger partial charge on any atom is 0.161 e. The molecule has 1 aromatic heterocycles. The quantitative estimate of drug-likeness (QED) is 0.628. The standard InChI is InChI=1S/C17H12ClFN2/c1-11-15(12-5-3-2-4-6-12)20-17(21-16(11)18)13-7-9-14(19)10-8-13/h2-10H,1H3. The Balaban J connectivity index is 2.16. The molecule has 0 aliphatic rings. The van der Waals surface area contributed by atoms with Crippen molar-refractivity contribution in [3.05, 3.63) is 71.1 Å². The van der Waals surface area contributed by atoms with E-state index < -0.39 is 0 Å². The van der Waals surface area contributed by atoms with E-state index in [1.807, 2.05) is 37.3 Å². The topological polar surface area (TPSA) is 25.8 Å². The molecular formula is C17H12ClFN2. The SMILES string of the molecule is Cc1c(Cl)nc(-c2ccc(F)cc2)nc1-c1ccccc1. The second kappa shape index (κ2) is 5.62. The van der Waals surface area contributed by atoms with Crippen LogP contribution in [-0.4, -0.2) is 9.97 Å². The summed E-state index contributed by atoms with van der Waals surface area (Å²) in [5.41, 5.74) is 3.32. The van der Waals surface area contributed by atoms with Gasteiger partial charge in [-0.1, -0.05) is 41.9 Å².